The van der Waals surface area contributed by atoms with E-state index in [1.165, 1.54) is 66.8 Å². The van der Waals surface area contributed by atoms with E-state index in [1.54, 1.807) is 0 Å². The van der Waals surface area contributed by atoms with Gasteiger partial charge in [-0.3, -0.25) is 0 Å². The van der Waals surface area contributed by atoms with E-state index >= 15 is 0 Å². The van der Waals surface area contributed by atoms with Crippen molar-refractivity contribution in [3.8, 4) is 22.3 Å². The monoisotopic (exact) mass is 1070 g/mol. The summed E-state index contributed by atoms with van der Waals surface area (Å²) in [6.07, 6.45) is 0. The van der Waals surface area contributed by atoms with Crippen molar-refractivity contribution in [2.45, 2.75) is 10.8 Å². The molecule has 0 spiro atoms. The van der Waals surface area contributed by atoms with Crippen molar-refractivity contribution in [3.05, 3.63) is 360 Å². The van der Waals surface area contributed by atoms with Crippen molar-refractivity contribution in [1.82, 2.24) is 0 Å². The molecule has 0 fully saturated rings. The maximum atomic E-state index is 6.75. The minimum Gasteiger partial charge on any atom is -0.456 e. The quantitative estimate of drug-likeness (QED) is 0.137. The topological polar surface area (TPSA) is 32.8 Å². The van der Waals surface area contributed by atoms with Crippen molar-refractivity contribution >= 4 is 78.0 Å². The van der Waals surface area contributed by atoms with Crippen LogP contribution in [0.3, 0.4) is 0 Å². The highest BCUT2D eigenvalue weighted by Crippen LogP contribution is 2.61. The van der Waals surface area contributed by atoms with Crippen LogP contribution in [0.5, 0.6) is 0 Å². The molecular formula is C80H52N2O2. The summed E-state index contributed by atoms with van der Waals surface area (Å²) in [5.74, 6) is 0. The average molecular weight is 1070 g/mol. The molecule has 15 aromatic rings. The molecule has 4 heteroatoms. The number of para-hydroxylation sites is 2. The summed E-state index contributed by atoms with van der Waals surface area (Å²) < 4.78 is 13.5. The van der Waals surface area contributed by atoms with Gasteiger partial charge in [0.15, 0.2) is 0 Å². The Kier molecular flexibility index (Phi) is 10.7. The first kappa shape index (κ1) is 47.8. The third kappa shape index (κ3) is 6.83. The second-order valence-electron chi connectivity index (χ2n) is 22.2. The molecule has 0 saturated heterocycles. The molecule has 0 atom stereocenters. The fourth-order valence-corrected chi connectivity index (χ4v) is 14.7. The van der Waals surface area contributed by atoms with Gasteiger partial charge in [-0.25, -0.2) is 0 Å². The van der Waals surface area contributed by atoms with E-state index in [1.807, 2.05) is 0 Å². The molecule has 0 N–H and O–H groups in total. The number of furan rings is 2. The van der Waals surface area contributed by atoms with Gasteiger partial charge in [0.2, 0.25) is 0 Å². The lowest BCUT2D eigenvalue weighted by molar-refractivity contribution is 0.668. The van der Waals surface area contributed by atoms with Crippen molar-refractivity contribution in [2.24, 2.45) is 0 Å². The minimum atomic E-state index is -0.617. The predicted molar refractivity (Wildman–Crippen MR) is 345 cm³/mol. The first-order valence-corrected chi connectivity index (χ1v) is 28.9. The molecule has 17 rings (SSSR count). The Bertz CT molecular complexity index is 4970. The number of nitrogens with zero attached hydrogens (tertiary/aromatic N) is 2. The van der Waals surface area contributed by atoms with Crippen molar-refractivity contribution < 1.29 is 8.83 Å². The molecule has 2 heterocycles. The van der Waals surface area contributed by atoms with Crippen molar-refractivity contribution in [2.75, 3.05) is 9.80 Å². The normalized spacial score (nSPS) is 13.4. The SMILES string of the molecule is c1ccc(C2(c3cccc(N(c4cccc(N(c5cccc6c5-c5ccccc5C6(c5ccccc5)c5ccccc5)c5cccc6oc7ccccc7c56)c4)c4cccc5oc6ccccc6c45)c3)c3ccccc3-c3ccccc32)cc1. The van der Waals surface area contributed by atoms with Gasteiger partial charge >= 0.3 is 0 Å². The van der Waals surface area contributed by atoms with Crippen LogP contribution in [0.25, 0.3) is 66.1 Å². The zero-order valence-electron chi connectivity index (χ0n) is 45.7. The Hall–Kier alpha value is -10.9. The highest BCUT2D eigenvalue weighted by atomic mass is 16.3. The van der Waals surface area contributed by atoms with Gasteiger partial charge in [0, 0.05) is 33.4 Å². The van der Waals surface area contributed by atoms with Gasteiger partial charge in [-0.2, -0.15) is 0 Å². The number of rotatable bonds is 10. The van der Waals surface area contributed by atoms with Crippen LogP contribution in [0.1, 0.15) is 44.5 Å². The van der Waals surface area contributed by atoms with E-state index in [9.17, 15) is 0 Å². The smallest absolute Gasteiger partial charge is 0.137 e. The Morgan fingerprint density at radius 1 is 0.238 bits per heavy atom. The number of hydrogen-bond donors (Lipinski definition) is 0. The van der Waals surface area contributed by atoms with Crippen LogP contribution < -0.4 is 9.80 Å². The molecule has 0 amide bonds. The predicted octanol–water partition coefficient (Wildman–Crippen LogP) is 21.2. The summed E-state index contributed by atoms with van der Waals surface area (Å²) in [4.78, 5) is 4.95. The Morgan fingerprint density at radius 3 is 1.15 bits per heavy atom. The Balaban J connectivity index is 0.949. The number of anilines is 6. The molecule has 2 aromatic heterocycles. The largest absolute Gasteiger partial charge is 0.456 e. The second kappa shape index (κ2) is 18.8. The molecule has 13 aromatic carbocycles. The van der Waals surface area contributed by atoms with Crippen LogP contribution in [-0.4, -0.2) is 0 Å². The standard InChI is InChI=1S/C80H52N2O2/c1-4-25-53(26-5-1)79(54-27-6-2-7-28-54)67-42-17-12-37-62(67)76-68(79)43-22-44-69(76)82(71-46-24-50-75-78(71)64-39-14-19-48-73(64)84-75)59-34-21-33-58(52-59)81(70-45-23-49-74-77(70)63-38-13-18-47-72(63)83-74)57-32-20-31-56(51-57)80(55-29-8-3-9-30-55)65-40-15-10-35-60(65)61-36-11-16-41-66(61)80/h1-52H. The maximum absolute atomic E-state index is 6.75. The summed E-state index contributed by atoms with van der Waals surface area (Å²) in [5.41, 5.74) is 22.9. The van der Waals surface area contributed by atoms with Crippen LogP contribution in [0.2, 0.25) is 0 Å². The van der Waals surface area contributed by atoms with Gasteiger partial charge in [-0.05, 0) is 134 Å². The summed E-state index contributed by atoms with van der Waals surface area (Å²) >= 11 is 0. The summed E-state index contributed by atoms with van der Waals surface area (Å²) in [6, 6.07) is 115. The fourth-order valence-electron chi connectivity index (χ4n) is 14.7. The zero-order valence-corrected chi connectivity index (χ0v) is 45.7. The Labute approximate surface area is 487 Å². The third-order valence-corrected chi connectivity index (χ3v) is 18.0. The van der Waals surface area contributed by atoms with Gasteiger partial charge in [-0.1, -0.05) is 243 Å². The summed E-state index contributed by atoms with van der Waals surface area (Å²) in [6.45, 7) is 0. The maximum Gasteiger partial charge on any atom is 0.137 e. The van der Waals surface area contributed by atoms with Gasteiger partial charge in [0.1, 0.15) is 22.3 Å². The van der Waals surface area contributed by atoms with Gasteiger partial charge in [0.25, 0.3) is 0 Å². The van der Waals surface area contributed by atoms with E-state index in [0.29, 0.717) is 0 Å². The zero-order chi connectivity index (χ0) is 55.3. The van der Waals surface area contributed by atoms with E-state index in [2.05, 4.69) is 325 Å². The molecule has 394 valence electrons. The lowest BCUT2D eigenvalue weighted by Crippen LogP contribution is -2.28. The molecule has 2 aliphatic carbocycles. The number of benzene rings is 13. The molecule has 0 saturated carbocycles. The van der Waals surface area contributed by atoms with E-state index in [0.717, 1.165) is 78.0 Å². The van der Waals surface area contributed by atoms with E-state index in [4.69, 9.17) is 8.83 Å². The van der Waals surface area contributed by atoms with Crippen LogP contribution in [0.4, 0.5) is 34.1 Å². The third-order valence-electron chi connectivity index (χ3n) is 18.0. The Morgan fingerprint density at radius 2 is 0.595 bits per heavy atom. The average Bonchev–Trinajstić information content (AvgIpc) is 1.64. The van der Waals surface area contributed by atoms with Crippen LogP contribution in [0, 0.1) is 0 Å². The summed E-state index contributed by atoms with van der Waals surface area (Å²) in [5, 5.41) is 4.20. The van der Waals surface area contributed by atoms with Gasteiger partial charge < -0.3 is 18.6 Å². The molecule has 0 radical (unpaired) electrons. The first-order chi connectivity index (χ1) is 41.7. The molecule has 0 unspecified atom stereocenters. The lowest BCUT2D eigenvalue weighted by atomic mass is 9.67. The van der Waals surface area contributed by atoms with E-state index in [-0.39, 0.29) is 0 Å². The van der Waals surface area contributed by atoms with Gasteiger partial charge in [-0.15, -0.1) is 0 Å². The molecule has 2 aliphatic rings. The molecule has 0 aliphatic heterocycles. The second-order valence-corrected chi connectivity index (χ2v) is 22.2. The molecular weight excluding hydrogens is 1020 g/mol. The number of fused-ring (bicyclic) bond motifs is 12. The minimum absolute atomic E-state index is 0.613. The van der Waals surface area contributed by atoms with E-state index < -0.39 is 10.8 Å². The highest BCUT2D eigenvalue weighted by molar-refractivity contribution is 6.16. The lowest BCUT2D eigenvalue weighted by Gasteiger charge is -2.35. The highest BCUT2D eigenvalue weighted by Gasteiger charge is 2.48. The van der Waals surface area contributed by atoms with Gasteiger partial charge in [0.05, 0.1) is 38.7 Å². The van der Waals surface area contributed by atoms with Crippen molar-refractivity contribution in [3.63, 3.8) is 0 Å². The summed E-state index contributed by atoms with van der Waals surface area (Å²) in [7, 11) is 0. The number of hydrogen-bond acceptors (Lipinski definition) is 4. The molecule has 0 bridgehead atoms. The molecule has 4 nitrogen and oxygen atoms in total. The van der Waals surface area contributed by atoms with Crippen molar-refractivity contribution in [1.29, 1.82) is 0 Å². The van der Waals surface area contributed by atoms with Crippen LogP contribution in [0.15, 0.2) is 324 Å². The molecule has 84 heavy (non-hydrogen) atoms. The van der Waals surface area contributed by atoms with Crippen LogP contribution >= 0.6 is 0 Å². The first-order valence-electron chi connectivity index (χ1n) is 28.9. The van der Waals surface area contributed by atoms with Crippen LogP contribution in [-0.2, 0) is 10.8 Å². The fraction of sp³-hybridized carbons (Fsp3) is 0.0250.